The number of aromatic nitrogens is 1. The van der Waals surface area contributed by atoms with Crippen molar-refractivity contribution < 1.29 is 14.3 Å². The SMILES string of the molecule is CCCNC(=O)[C@@H]1CC[C@H](NC(=O)Cn2ccccc2=O)CN(C2CCOCC2)C1. The number of rotatable bonds is 7. The van der Waals surface area contributed by atoms with Gasteiger partial charge in [-0.05, 0) is 38.2 Å². The summed E-state index contributed by atoms with van der Waals surface area (Å²) < 4.78 is 6.92. The molecule has 2 N–H and O–H groups in total. The third kappa shape index (κ3) is 6.40. The predicted octanol–water partition coefficient (Wildman–Crippen LogP) is 0.750. The average Bonchev–Trinajstić information content (AvgIpc) is 2.97. The Bertz CT molecular complexity index is 760. The Morgan fingerprint density at radius 3 is 2.67 bits per heavy atom. The molecular weight excluding hydrogens is 384 g/mol. The summed E-state index contributed by atoms with van der Waals surface area (Å²) in [6.07, 6.45) is 5.93. The predicted molar refractivity (Wildman–Crippen MR) is 114 cm³/mol. The Hall–Kier alpha value is -2.19. The summed E-state index contributed by atoms with van der Waals surface area (Å²) in [5.41, 5.74) is -0.190. The minimum Gasteiger partial charge on any atom is -0.381 e. The van der Waals surface area contributed by atoms with Gasteiger partial charge < -0.3 is 19.9 Å². The first-order chi connectivity index (χ1) is 14.6. The molecule has 0 bridgehead atoms. The van der Waals surface area contributed by atoms with Crippen molar-refractivity contribution in [2.75, 3.05) is 32.8 Å². The number of carbonyl (C=O) groups is 2. The van der Waals surface area contributed by atoms with Crippen molar-refractivity contribution in [3.8, 4) is 0 Å². The number of nitrogens with one attached hydrogen (secondary N) is 2. The van der Waals surface area contributed by atoms with Crippen LogP contribution in [-0.2, 0) is 20.9 Å². The van der Waals surface area contributed by atoms with E-state index in [1.54, 1.807) is 18.3 Å². The lowest BCUT2D eigenvalue weighted by atomic mass is 10.00. The summed E-state index contributed by atoms with van der Waals surface area (Å²) in [6, 6.07) is 5.19. The fourth-order valence-electron chi connectivity index (χ4n) is 4.32. The van der Waals surface area contributed by atoms with Crippen LogP contribution in [0.25, 0.3) is 0 Å². The highest BCUT2D eigenvalue weighted by atomic mass is 16.5. The summed E-state index contributed by atoms with van der Waals surface area (Å²) in [6.45, 7) is 5.66. The van der Waals surface area contributed by atoms with Crippen molar-refractivity contribution in [3.05, 3.63) is 34.7 Å². The normalized spacial score (nSPS) is 23.5. The lowest BCUT2D eigenvalue weighted by molar-refractivity contribution is -0.126. The highest BCUT2D eigenvalue weighted by molar-refractivity contribution is 5.79. The van der Waals surface area contributed by atoms with Crippen LogP contribution in [-0.4, -0.2) is 66.2 Å². The van der Waals surface area contributed by atoms with Crippen LogP contribution < -0.4 is 16.2 Å². The van der Waals surface area contributed by atoms with Crippen molar-refractivity contribution in [3.63, 3.8) is 0 Å². The molecule has 8 nitrogen and oxygen atoms in total. The van der Waals surface area contributed by atoms with Gasteiger partial charge in [-0.25, -0.2) is 0 Å². The minimum absolute atomic E-state index is 0.00779. The number of likely N-dealkylation sites (tertiary alicyclic amines) is 1. The van der Waals surface area contributed by atoms with E-state index in [1.807, 2.05) is 6.92 Å². The molecule has 0 spiro atoms. The molecule has 2 saturated heterocycles. The molecule has 0 aromatic carbocycles. The van der Waals surface area contributed by atoms with Gasteiger partial charge in [0.15, 0.2) is 0 Å². The van der Waals surface area contributed by atoms with E-state index in [0.717, 1.165) is 51.9 Å². The number of carbonyl (C=O) groups excluding carboxylic acids is 2. The zero-order chi connectivity index (χ0) is 21.3. The van der Waals surface area contributed by atoms with Gasteiger partial charge >= 0.3 is 0 Å². The Kier molecular flexibility index (Phi) is 8.45. The number of hydrogen-bond donors (Lipinski definition) is 2. The molecule has 2 atom stereocenters. The van der Waals surface area contributed by atoms with Gasteiger partial charge in [0.05, 0.1) is 5.92 Å². The fraction of sp³-hybridized carbons (Fsp3) is 0.682. The van der Waals surface area contributed by atoms with Gasteiger partial charge in [-0.15, -0.1) is 0 Å². The van der Waals surface area contributed by atoms with Crippen LogP contribution in [0.5, 0.6) is 0 Å². The van der Waals surface area contributed by atoms with Gasteiger partial charge in [-0.3, -0.25) is 19.3 Å². The summed E-state index contributed by atoms with van der Waals surface area (Å²) in [7, 11) is 0. The van der Waals surface area contributed by atoms with E-state index in [0.29, 0.717) is 19.1 Å². The van der Waals surface area contributed by atoms with Gasteiger partial charge in [0, 0.05) is 57.2 Å². The second kappa shape index (κ2) is 11.3. The molecule has 1 aromatic heterocycles. The Morgan fingerprint density at radius 2 is 1.93 bits per heavy atom. The zero-order valence-corrected chi connectivity index (χ0v) is 17.8. The number of amides is 2. The number of ether oxygens (including phenoxy) is 1. The van der Waals surface area contributed by atoms with Crippen LogP contribution in [0.2, 0.25) is 0 Å². The molecule has 8 heteroatoms. The van der Waals surface area contributed by atoms with Crippen LogP contribution in [0, 0.1) is 5.92 Å². The molecule has 0 saturated carbocycles. The van der Waals surface area contributed by atoms with E-state index in [4.69, 9.17) is 4.74 Å². The quantitative estimate of drug-likeness (QED) is 0.682. The van der Waals surface area contributed by atoms with Gasteiger partial charge in [0.25, 0.3) is 5.56 Å². The average molecular weight is 419 g/mol. The number of pyridine rings is 1. The van der Waals surface area contributed by atoms with E-state index >= 15 is 0 Å². The van der Waals surface area contributed by atoms with Gasteiger partial charge in [0.1, 0.15) is 6.54 Å². The van der Waals surface area contributed by atoms with Crippen molar-refractivity contribution in [2.45, 2.75) is 57.7 Å². The van der Waals surface area contributed by atoms with Gasteiger partial charge in [0.2, 0.25) is 11.8 Å². The Labute approximate surface area is 178 Å². The van der Waals surface area contributed by atoms with E-state index in [2.05, 4.69) is 15.5 Å². The van der Waals surface area contributed by atoms with E-state index < -0.39 is 0 Å². The highest BCUT2D eigenvalue weighted by Gasteiger charge is 2.33. The van der Waals surface area contributed by atoms with Crippen LogP contribution >= 0.6 is 0 Å². The van der Waals surface area contributed by atoms with Crippen LogP contribution in [0.3, 0.4) is 0 Å². The highest BCUT2D eigenvalue weighted by Crippen LogP contribution is 2.23. The van der Waals surface area contributed by atoms with Gasteiger partial charge in [-0.2, -0.15) is 0 Å². The number of nitrogens with zero attached hydrogens (tertiary/aromatic N) is 2. The third-order valence-corrected chi connectivity index (χ3v) is 5.98. The molecule has 2 aliphatic heterocycles. The van der Waals surface area contributed by atoms with E-state index in [-0.39, 0.29) is 35.9 Å². The standard InChI is InChI=1S/C22H34N4O4/c1-2-10-23-22(29)17-6-7-18(15-26(14-17)19-8-12-30-13-9-19)24-20(27)16-25-11-4-3-5-21(25)28/h3-5,11,17-19H,2,6-10,12-16H2,1H3,(H,23,29)(H,24,27)/t17-,18+/m1/s1. The molecule has 0 aliphatic carbocycles. The number of hydrogen-bond acceptors (Lipinski definition) is 5. The second-order valence-corrected chi connectivity index (χ2v) is 8.29. The molecule has 1 aromatic rings. The first-order valence-electron chi connectivity index (χ1n) is 11.1. The van der Waals surface area contributed by atoms with Crippen LogP contribution in [0.4, 0.5) is 0 Å². The topological polar surface area (TPSA) is 92.7 Å². The molecule has 3 rings (SSSR count). The molecule has 30 heavy (non-hydrogen) atoms. The summed E-state index contributed by atoms with van der Waals surface area (Å²) in [5, 5.41) is 6.14. The second-order valence-electron chi connectivity index (χ2n) is 8.29. The molecule has 2 aliphatic rings. The monoisotopic (exact) mass is 418 g/mol. The van der Waals surface area contributed by atoms with E-state index in [9.17, 15) is 14.4 Å². The zero-order valence-electron chi connectivity index (χ0n) is 17.8. The lowest BCUT2D eigenvalue weighted by Gasteiger charge is -2.36. The Morgan fingerprint density at radius 1 is 1.13 bits per heavy atom. The van der Waals surface area contributed by atoms with E-state index in [1.165, 1.54) is 10.6 Å². The molecule has 0 radical (unpaired) electrons. The molecule has 2 amide bonds. The minimum atomic E-state index is -0.190. The first-order valence-corrected chi connectivity index (χ1v) is 11.1. The maximum Gasteiger partial charge on any atom is 0.250 e. The Balaban J connectivity index is 1.65. The molecular formula is C22H34N4O4. The maximum absolute atomic E-state index is 12.7. The molecule has 3 heterocycles. The van der Waals surface area contributed by atoms with Crippen molar-refractivity contribution in [1.29, 1.82) is 0 Å². The largest absolute Gasteiger partial charge is 0.381 e. The first kappa shape index (κ1) is 22.5. The van der Waals surface area contributed by atoms with Crippen molar-refractivity contribution in [1.82, 2.24) is 20.1 Å². The lowest BCUT2D eigenvalue weighted by Crippen LogP contribution is -2.49. The summed E-state index contributed by atoms with van der Waals surface area (Å²) in [4.78, 5) is 39.5. The fourth-order valence-corrected chi connectivity index (χ4v) is 4.32. The van der Waals surface area contributed by atoms with Crippen LogP contribution in [0.15, 0.2) is 29.2 Å². The van der Waals surface area contributed by atoms with Gasteiger partial charge in [-0.1, -0.05) is 13.0 Å². The summed E-state index contributed by atoms with van der Waals surface area (Å²) >= 11 is 0. The smallest absolute Gasteiger partial charge is 0.250 e. The third-order valence-electron chi connectivity index (χ3n) is 5.98. The van der Waals surface area contributed by atoms with Crippen molar-refractivity contribution in [2.24, 2.45) is 5.92 Å². The molecule has 2 fully saturated rings. The maximum atomic E-state index is 12.7. The molecule has 166 valence electrons. The summed E-state index contributed by atoms with van der Waals surface area (Å²) in [5.74, 6) is -0.135. The molecule has 0 unspecified atom stereocenters. The van der Waals surface area contributed by atoms with Crippen molar-refractivity contribution >= 4 is 11.8 Å². The van der Waals surface area contributed by atoms with Crippen LogP contribution in [0.1, 0.15) is 39.0 Å².